The summed E-state index contributed by atoms with van der Waals surface area (Å²) in [6.07, 6.45) is 2.00. The summed E-state index contributed by atoms with van der Waals surface area (Å²) in [6.45, 7) is 3.74. The maximum absolute atomic E-state index is 14.2. The first-order valence-corrected chi connectivity index (χ1v) is 12.6. The van der Waals surface area contributed by atoms with Crippen molar-refractivity contribution in [1.29, 1.82) is 0 Å². The van der Waals surface area contributed by atoms with Gasteiger partial charge in [-0.1, -0.05) is 41.9 Å². The summed E-state index contributed by atoms with van der Waals surface area (Å²) in [6, 6.07) is 25.8. The van der Waals surface area contributed by atoms with Crippen molar-refractivity contribution in [1.82, 2.24) is 9.47 Å². The lowest BCUT2D eigenvalue weighted by Gasteiger charge is -2.40. The summed E-state index contributed by atoms with van der Waals surface area (Å²) >= 11 is 6.38. The molecule has 2 heterocycles. The molecule has 7 heteroatoms. The number of hydrogen-bond acceptors (Lipinski definition) is 3. The number of nitrogens with zero attached hydrogens (tertiary/aromatic N) is 3. The molecular formula is C30H28ClN3O3. The first-order chi connectivity index (χ1) is 17.9. The normalized spacial score (nSPS) is 14.2. The van der Waals surface area contributed by atoms with E-state index in [1.807, 2.05) is 80.7 Å². The minimum absolute atomic E-state index is 0.0835. The molecule has 3 aromatic carbocycles. The largest absolute Gasteiger partial charge is 0.497 e. The SMILES string of the molecule is COc1cccc(C(=O)N(CC(=O)N2c3ccccc3-n3cccc3C2c2cccc(Cl)c2)C(C)C)c1. The third-order valence-electron chi connectivity index (χ3n) is 6.66. The van der Waals surface area contributed by atoms with Crippen LogP contribution in [0, 0.1) is 0 Å². The molecule has 4 aromatic rings. The van der Waals surface area contributed by atoms with Crippen LogP contribution in [0.3, 0.4) is 0 Å². The second kappa shape index (κ2) is 10.1. The van der Waals surface area contributed by atoms with E-state index in [4.69, 9.17) is 16.3 Å². The Morgan fingerprint density at radius 3 is 2.43 bits per heavy atom. The Labute approximate surface area is 221 Å². The molecule has 0 saturated carbocycles. The average Bonchev–Trinajstić information content (AvgIpc) is 3.40. The van der Waals surface area contributed by atoms with Crippen LogP contribution in [0.15, 0.2) is 91.1 Å². The van der Waals surface area contributed by atoms with Crippen molar-refractivity contribution in [2.24, 2.45) is 0 Å². The molecule has 1 atom stereocenters. The maximum atomic E-state index is 14.2. The minimum Gasteiger partial charge on any atom is -0.497 e. The number of ether oxygens (including phenoxy) is 1. The topological polar surface area (TPSA) is 54.8 Å². The van der Waals surface area contributed by atoms with E-state index in [2.05, 4.69) is 4.57 Å². The van der Waals surface area contributed by atoms with Gasteiger partial charge in [-0.2, -0.15) is 0 Å². The highest BCUT2D eigenvalue weighted by Crippen LogP contribution is 2.42. The number of anilines is 1. The number of methoxy groups -OCH3 is 1. The number of fused-ring (bicyclic) bond motifs is 3. The van der Waals surface area contributed by atoms with E-state index in [0.29, 0.717) is 16.3 Å². The molecule has 0 N–H and O–H groups in total. The lowest BCUT2D eigenvalue weighted by atomic mass is 9.97. The summed E-state index contributed by atoms with van der Waals surface area (Å²) in [5, 5.41) is 0.596. The number of benzene rings is 3. The second-order valence-corrected chi connectivity index (χ2v) is 9.71. The quantitative estimate of drug-likeness (QED) is 0.312. The third-order valence-corrected chi connectivity index (χ3v) is 6.89. The standard InChI is InChI=1S/C30H28ClN3O3/c1-20(2)33(30(36)22-10-7-12-24(18-22)37-3)19-28(35)34-26-14-5-4-13-25(26)32-16-8-15-27(32)29(34)21-9-6-11-23(31)17-21/h4-18,20,29H,19H2,1-3H3. The fourth-order valence-corrected chi connectivity index (χ4v) is 5.09. The van der Waals surface area contributed by atoms with Crippen LogP contribution in [-0.2, 0) is 4.79 Å². The summed E-state index contributed by atoms with van der Waals surface area (Å²) in [5.74, 6) is 0.178. The van der Waals surface area contributed by atoms with Crippen LogP contribution in [0.25, 0.3) is 5.69 Å². The highest BCUT2D eigenvalue weighted by atomic mass is 35.5. The first kappa shape index (κ1) is 24.7. The van der Waals surface area contributed by atoms with Gasteiger partial charge in [0, 0.05) is 22.8 Å². The molecule has 0 radical (unpaired) electrons. The smallest absolute Gasteiger partial charge is 0.254 e. The zero-order valence-corrected chi connectivity index (χ0v) is 21.7. The van der Waals surface area contributed by atoms with Gasteiger partial charge in [-0.15, -0.1) is 0 Å². The molecule has 2 amide bonds. The molecule has 6 nitrogen and oxygen atoms in total. The van der Waals surface area contributed by atoms with Crippen molar-refractivity contribution in [3.8, 4) is 11.4 Å². The van der Waals surface area contributed by atoms with Crippen molar-refractivity contribution >= 4 is 29.1 Å². The Bertz CT molecular complexity index is 1460. The van der Waals surface area contributed by atoms with Gasteiger partial charge in [0.15, 0.2) is 0 Å². The Morgan fingerprint density at radius 2 is 1.70 bits per heavy atom. The van der Waals surface area contributed by atoms with Crippen LogP contribution in [0.1, 0.15) is 41.5 Å². The Morgan fingerprint density at radius 1 is 0.946 bits per heavy atom. The van der Waals surface area contributed by atoms with Gasteiger partial charge in [0.05, 0.1) is 24.2 Å². The molecule has 1 aliphatic rings. The Kier molecular flexibility index (Phi) is 6.76. The Hall–Kier alpha value is -4.03. The predicted octanol–water partition coefficient (Wildman–Crippen LogP) is 6.13. The molecule has 0 saturated heterocycles. The van der Waals surface area contributed by atoms with Gasteiger partial charge >= 0.3 is 0 Å². The number of hydrogen-bond donors (Lipinski definition) is 0. The molecule has 188 valence electrons. The highest BCUT2D eigenvalue weighted by Gasteiger charge is 2.37. The lowest BCUT2D eigenvalue weighted by molar-refractivity contribution is -0.120. The number of para-hydroxylation sites is 2. The molecule has 1 unspecified atom stereocenters. The number of carbonyl (C=O) groups is 2. The van der Waals surface area contributed by atoms with E-state index >= 15 is 0 Å². The second-order valence-electron chi connectivity index (χ2n) is 9.27. The molecule has 0 fully saturated rings. The van der Waals surface area contributed by atoms with E-state index in [1.54, 1.807) is 41.2 Å². The van der Waals surface area contributed by atoms with Crippen LogP contribution < -0.4 is 9.64 Å². The van der Waals surface area contributed by atoms with Crippen LogP contribution >= 0.6 is 11.6 Å². The number of amides is 2. The zero-order chi connectivity index (χ0) is 26.1. The first-order valence-electron chi connectivity index (χ1n) is 12.2. The predicted molar refractivity (Wildman–Crippen MR) is 146 cm³/mol. The van der Waals surface area contributed by atoms with E-state index in [9.17, 15) is 9.59 Å². The number of carbonyl (C=O) groups excluding carboxylic acids is 2. The Balaban J connectivity index is 1.57. The van der Waals surface area contributed by atoms with Crippen molar-refractivity contribution in [3.05, 3.63) is 113 Å². The third kappa shape index (κ3) is 4.60. The van der Waals surface area contributed by atoms with Gasteiger partial charge in [0.2, 0.25) is 5.91 Å². The monoisotopic (exact) mass is 513 g/mol. The fraction of sp³-hybridized carbons (Fsp3) is 0.200. The van der Waals surface area contributed by atoms with Crippen LogP contribution in [0.2, 0.25) is 5.02 Å². The minimum atomic E-state index is -0.406. The van der Waals surface area contributed by atoms with Crippen molar-refractivity contribution < 1.29 is 14.3 Å². The van der Waals surface area contributed by atoms with Crippen LogP contribution in [-0.4, -0.2) is 41.0 Å². The van der Waals surface area contributed by atoms with Gasteiger partial charge in [-0.3, -0.25) is 14.5 Å². The fourth-order valence-electron chi connectivity index (χ4n) is 4.89. The number of rotatable bonds is 6. The van der Waals surface area contributed by atoms with Gasteiger partial charge in [-0.05, 0) is 74.0 Å². The van der Waals surface area contributed by atoms with Gasteiger partial charge in [-0.25, -0.2) is 0 Å². The summed E-state index contributed by atoms with van der Waals surface area (Å²) < 4.78 is 7.40. The van der Waals surface area contributed by atoms with Gasteiger partial charge in [0.1, 0.15) is 18.3 Å². The average molecular weight is 514 g/mol. The molecule has 0 bridgehead atoms. The van der Waals surface area contributed by atoms with Crippen LogP contribution in [0.5, 0.6) is 5.75 Å². The van der Waals surface area contributed by atoms with E-state index in [0.717, 1.165) is 22.6 Å². The highest BCUT2D eigenvalue weighted by molar-refractivity contribution is 6.30. The van der Waals surface area contributed by atoms with Crippen molar-refractivity contribution in [2.75, 3.05) is 18.6 Å². The molecular weight excluding hydrogens is 486 g/mol. The number of halogens is 1. The number of aromatic nitrogens is 1. The zero-order valence-electron chi connectivity index (χ0n) is 21.0. The molecule has 5 rings (SSSR count). The summed E-state index contributed by atoms with van der Waals surface area (Å²) in [4.78, 5) is 31.1. The molecule has 37 heavy (non-hydrogen) atoms. The molecule has 0 spiro atoms. The van der Waals surface area contributed by atoms with Gasteiger partial charge < -0.3 is 14.2 Å². The molecule has 1 aliphatic heterocycles. The molecule has 1 aromatic heterocycles. The van der Waals surface area contributed by atoms with Crippen molar-refractivity contribution in [2.45, 2.75) is 25.9 Å². The van der Waals surface area contributed by atoms with E-state index < -0.39 is 6.04 Å². The van der Waals surface area contributed by atoms with E-state index in [-0.39, 0.29) is 24.4 Å². The van der Waals surface area contributed by atoms with Crippen LogP contribution in [0.4, 0.5) is 5.69 Å². The van der Waals surface area contributed by atoms with Gasteiger partial charge in [0.25, 0.3) is 5.91 Å². The summed E-state index contributed by atoms with van der Waals surface area (Å²) in [7, 11) is 1.56. The summed E-state index contributed by atoms with van der Waals surface area (Å²) in [5.41, 5.74) is 4.00. The van der Waals surface area contributed by atoms with E-state index in [1.165, 1.54) is 0 Å². The van der Waals surface area contributed by atoms with Crippen molar-refractivity contribution in [3.63, 3.8) is 0 Å². The maximum Gasteiger partial charge on any atom is 0.254 e. The molecule has 0 aliphatic carbocycles. The lowest BCUT2D eigenvalue weighted by Crippen LogP contribution is -2.48.